The van der Waals surface area contributed by atoms with Crippen molar-refractivity contribution < 1.29 is 9.59 Å². The molecule has 5 heteroatoms. The van der Waals surface area contributed by atoms with Crippen LogP contribution >= 0.6 is 23.5 Å². The zero-order valence-electron chi connectivity index (χ0n) is 16.0. The largest absolute Gasteiger partial charge is 0.352 e. The van der Waals surface area contributed by atoms with E-state index in [-0.39, 0.29) is 23.7 Å². The predicted octanol–water partition coefficient (Wildman–Crippen LogP) is 5.21. The van der Waals surface area contributed by atoms with Crippen LogP contribution in [-0.4, -0.2) is 29.2 Å². The molecule has 28 heavy (non-hydrogen) atoms. The molecule has 1 unspecified atom stereocenters. The molecule has 1 N–H and O–H groups in total. The number of thioether (sulfide) groups is 2. The first kappa shape index (κ1) is 21.0. The van der Waals surface area contributed by atoms with Crippen molar-refractivity contribution in [3.05, 3.63) is 60.7 Å². The Bertz CT molecular complexity index is 686. The first-order chi connectivity index (χ1) is 13.7. The van der Waals surface area contributed by atoms with Crippen LogP contribution < -0.4 is 5.32 Å². The van der Waals surface area contributed by atoms with Crippen LogP contribution in [0.2, 0.25) is 0 Å². The van der Waals surface area contributed by atoms with Gasteiger partial charge in [0.1, 0.15) is 5.78 Å². The monoisotopic (exact) mass is 413 g/mol. The van der Waals surface area contributed by atoms with E-state index in [2.05, 4.69) is 5.32 Å². The third-order valence-electron chi connectivity index (χ3n) is 5.00. The van der Waals surface area contributed by atoms with Crippen molar-refractivity contribution in [2.45, 2.75) is 47.9 Å². The molecule has 1 fully saturated rings. The van der Waals surface area contributed by atoms with Gasteiger partial charge in [0.2, 0.25) is 5.91 Å². The average Bonchev–Trinajstić information content (AvgIpc) is 2.74. The summed E-state index contributed by atoms with van der Waals surface area (Å²) >= 11 is 3.15. The highest BCUT2D eigenvalue weighted by Crippen LogP contribution is 2.29. The Morgan fingerprint density at radius 3 is 2.04 bits per heavy atom. The van der Waals surface area contributed by atoms with Crippen molar-refractivity contribution in [1.29, 1.82) is 0 Å². The molecule has 0 bridgehead atoms. The second-order valence-corrected chi connectivity index (χ2v) is 9.26. The molecule has 0 aliphatic heterocycles. The number of hydrogen-bond acceptors (Lipinski definition) is 4. The summed E-state index contributed by atoms with van der Waals surface area (Å²) in [5.74, 6) is 1.54. The van der Waals surface area contributed by atoms with Gasteiger partial charge in [-0.3, -0.25) is 9.59 Å². The molecule has 0 aromatic heterocycles. The molecule has 2 aromatic carbocycles. The summed E-state index contributed by atoms with van der Waals surface area (Å²) in [7, 11) is 0. The van der Waals surface area contributed by atoms with Crippen LogP contribution in [0.5, 0.6) is 0 Å². The maximum absolute atomic E-state index is 12.5. The van der Waals surface area contributed by atoms with Crippen molar-refractivity contribution in [1.82, 2.24) is 5.32 Å². The summed E-state index contributed by atoms with van der Waals surface area (Å²) < 4.78 is 0. The Morgan fingerprint density at radius 2 is 1.39 bits per heavy atom. The number of benzene rings is 2. The van der Waals surface area contributed by atoms with Gasteiger partial charge in [-0.15, -0.1) is 23.5 Å². The van der Waals surface area contributed by atoms with Crippen LogP contribution in [0.3, 0.4) is 0 Å². The van der Waals surface area contributed by atoms with Crippen LogP contribution in [0.15, 0.2) is 70.5 Å². The van der Waals surface area contributed by atoms with E-state index in [9.17, 15) is 9.59 Å². The Hall–Kier alpha value is -1.72. The number of rotatable bonds is 9. The topological polar surface area (TPSA) is 46.2 Å². The minimum absolute atomic E-state index is 0.0665. The lowest BCUT2D eigenvalue weighted by molar-refractivity contribution is -0.121. The maximum Gasteiger partial charge on any atom is 0.230 e. The van der Waals surface area contributed by atoms with Gasteiger partial charge in [0.15, 0.2) is 0 Å². The Labute approximate surface area is 176 Å². The van der Waals surface area contributed by atoms with Crippen LogP contribution in [0.1, 0.15) is 32.1 Å². The van der Waals surface area contributed by atoms with Gasteiger partial charge in [-0.1, -0.05) is 49.2 Å². The quantitative estimate of drug-likeness (QED) is 0.574. The fourth-order valence-electron chi connectivity index (χ4n) is 3.59. The second kappa shape index (κ2) is 11.3. The van der Waals surface area contributed by atoms with E-state index in [1.54, 1.807) is 23.5 Å². The van der Waals surface area contributed by atoms with Crippen molar-refractivity contribution in [3.8, 4) is 0 Å². The number of amides is 1. The molecule has 0 spiro atoms. The lowest BCUT2D eigenvalue weighted by Crippen LogP contribution is -2.43. The molecule has 0 radical (unpaired) electrons. The molecule has 2 aromatic rings. The smallest absolute Gasteiger partial charge is 0.230 e. The Morgan fingerprint density at radius 1 is 0.821 bits per heavy atom. The number of carbonyl (C=O) groups excluding carboxylic acids is 2. The second-order valence-electron chi connectivity index (χ2n) is 7.16. The zero-order valence-corrected chi connectivity index (χ0v) is 17.6. The molecule has 0 heterocycles. The highest BCUT2D eigenvalue weighted by Gasteiger charge is 2.28. The fraction of sp³-hybridized carbons (Fsp3) is 0.391. The fourth-order valence-corrected chi connectivity index (χ4v) is 5.11. The first-order valence-electron chi connectivity index (χ1n) is 9.87. The number of hydrogen-bond donors (Lipinski definition) is 1. The highest BCUT2D eigenvalue weighted by atomic mass is 32.2. The van der Waals surface area contributed by atoms with E-state index in [0.29, 0.717) is 17.9 Å². The lowest BCUT2D eigenvalue weighted by atomic mass is 9.81. The molecule has 148 valence electrons. The average molecular weight is 414 g/mol. The molecule has 3 nitrogen and oxygen atoms in total. The van der Waals surface area contributed by atoms with E-state index in [0.717, 1.165) is 35.5 Å². The standard InChI is InChI=1S/C23H27NO2S2/c25-19(16-27-20-10-3-1-4-11-20)15-18-9-7-8-14-22(18)24-23(26)17-28-21-12-5-2-6-13-21/h1-6,10-13,18,22H,7-9,14-17H2,(H,24,26)/t18?,22-/m1/s1. The maximum atomic E-state index is 12.5. The normalized spacial score (nSPS) is 19.1. The summed E-state index contributed by atoms with van der Waals surface area (Å²) in [5, 5.41) is 3.20. The summed E-state index contributed by atoms with van der Waals surface area (Å²) in [5.41, 5.74) is 0. The van der Waals surface area contributed by atoms with E-state index >= 15 is 0 Å². The van der Waals surface area contributed by atoms with Gasteiger partial charge in [-0.05, 0) is 43.0 Å². The van der Waals surface area contributed by atoms with Crippen LogP contribution in [0.4, 0.5) is 0 Å². The van der Waals surface area contributed by atoms with E-state index in [4.69, 9.17) is 0 Å². The molecule has 0 saturated heterocycles. The summed E-state index contributed by atoms with van der Waals surface area (Å²) in [6.45, 7) is 0. The van der Waals surface area contributed by atoms with Gasteiger partial charge in [0, 0.05) is 22.3 Å². The number of Topliss-reactive ketones (excluding diaryl/α,β-unsaturated/α-hetero) is 1. The Balaban J connectivity index is 1.45. The SMILES string of the molecule is O=C(CSc1ccccc1)CC1CCCC[C@H]1NC(=O)CSc1ccccc1. The van der Waals surface area contributed by atoms with E-state index in [1.807, 2.05) is 60.7 Å². The van der Waals surface area contributed by atoms with Gasteiger partial charge in [0.25, 0.3) is 0 Å². The molecule has 1 amide bonds. The minimum Gasteiger partial charge on any atom is -0.352 e. The van der Waals surface area contributed by atoms with Gasteiger partial charge >= 0.3 is 0 Å². The Kier molecular flexibility index (Phi) is 8.49. The van der Waals surface area contributed by atoms with Gasteiger partial charge in [0.05, 0.1) is 11.5 Å². The third-order valence-corrected chi connectivity index (χ3v) is 7.09. The van der Waals surface area contributed by atoms with E-state index in [1.165, 1.54) is 0 Å². The van der Waals surface area contributed by atoms with Gasteiger partial charge in [-0.25, -0.2) is 0 Å². The molecule has 1 saturated carbocycles. The minimum atomic E-state index is 0.0665. The van der Waals surface area contributed by atoms with Crippen molar-refractivity contribution in [2.75, 3.05) is 11.5 Å². The van der Waals surface area contributed by atoms with Crippen LogP contribution in [0.25, 0.3) is 0 Å². The zero-order chi connectivity index (χ0) is 19.6. The summed E-state index contributed by atoms with van der Waals surface area (Å²) in [6.07, 6.45) is 4.84. The third kappa shape index (κ3) is 7.02. The number of carbonyl (C=O) groups is 2. The van der Waals surface area contributed by atoms with Crippen molar-refractivity contribution in [2.24, 2.45) is 5.92 Å². The highest BCUT2D eigenvalue weighted by molar-refractivity contribution is 8.00. The first-order valence-corrected chi connectivity index (χ1v) is 11.8. The van der Waals surface area contributed by atoms with Crippen molar-refractivity contribution >= 4 is 35.2 Å². The molecule has 3 rings (SSSR count). The van der Waals surface area contributed by atoms with Gasteiger partial charge < -0.3 is 5.32 Å². The molecule has 2 atom stereocenters. The predicted molar refractivity (Wildman–Crippen MR) is 118 cm³/mol. The summed E-state index contributed by atoms with van der Waals surface area (Å²) in [6, 6.07) is 20.1. The van der Waals surface area contributed by atoms with Crippen LogP contribution in [-0.2, 0) is 9.59 Å². The molecule has 1 aliphatic carbocycles. The molecule has 1 aliphatic rings. The lowest BCUT2D eigenvalue weighted by Gasteiger charge is -2.32. The number of nitrogens with one attached hydrogen (secondary N) is 1. The molecular formula is C23H27NO2S2. The summed E-state index contributed by atoms with van der Waals surface area (Å²) in [4.78, 5) is 27.1. The van der Waals surface area contributed by atoms with Crippen molar-refractivity contribution in [3.63, 3.8) is 0 Å². The number of ketones is 1. The van der Waals surface area contributed by atoms with E-state index < -0.39 is 0 Å². The van der Waals surface area contributed by atoms with Gasteiger partial charge in [-0.2, -0.15) is 0 Å². The van der Waals surface area contributed by atoms with Crippen LogP contribution in [0, 0.1) is 5.92 Å². The molecular weight excluding hydrogens is 386 g/mol.